The molecule has 1 N–H and O–H groups in total. The minimum absolute atomic E-state index is 0.000543. The van der Waals surface area contributed by atoms with Crippen LogP contribution in [0.1, 0.15) is 5.69 Å². The molecule has 1 aliphatic heterocycles. The van der Waals surface area contributed by atoms with E-state index in [0.29, 0.717) is 18.8 Å². The summed E-state index contributed by atoms with van der Waals surface area (Å²) in [6, 6.07) is 7.89. The van der Waals surface area contributed by atoms with Crippen molar-refractivity contribution in [3.8, 4) is 5.75 Å². The number of aromatic nitrogens is 1. The Balaban J connectivity index is 1.52. The van der Waals surface area contributed by atoms with Gasteiger partial charge in [0, 0.05) is 37.2 Å². The number of sulfonamides is 1. The van der Waals surface area contributed by atoms with E-state index >= 15 is 0 Å². The number of carbonyl (C=O) groups excluding carboxylic acids is 1. The molecule has 2 aromatic rings. The molecule has 10 heteroatoms. The second-order valence-electron chi connectivity index (χ2n) is 6.26. The fraction of sp³-hybridized carbons (Fsp3) is 0.412. The van der Waals surface area contributed by atoms with Gasteiger partial charge in [-0.15, -0.1) is 11.3 Å². The molecule has 1 fully saturated rings. The van der Waals surface area contributed by atoms with Gasteiger partial charge in [-0.3, -0.25) is 9.52 Å². The third kappa shape index (κ3) is 5.33. The van der Waals surface area contributed by atoms with Gasteiger partial charge < -0.3 is 14.5 Å². The Morgan fingerprint density at radius 1 is 1.22 bits per heavy atom. The Morgan fingerprint density at radius 3 is 2.48 bits per heavy atom. The second-order valence-corrected chi connectivity index (χ2v) is 8.87. The number of nitrogens with zero attached hydrogens (tertiary/aromatic N) is 3. The zero-order valence-corrected chi connectivity index (χ0v) is 16.8. The maximum atomic E-state index is 12.5. The lowest BCUT2D eigenvalue weighted by Crippen LogP contribution is -2.49. The van der Waals surface area contributed by atoms with Crippen LogP contribution in [0.3, 0.4) is 0 Å². The SMILES string of the molecule is COc1ccc(N2CCN(C(=O)Cc3csc(NS(C)(=O)=O)n3)CC2)cc1. The molecule has 0 aliphatic carbocycles. The number of nitrogens with one attached hydrogen (secondary N) is 1. The van der Waals surface area contributed by atoms with Crippen LogP contribution in [-0.4, -0.2) is 63.8 Å². The van der Waals surface area contributed by atoms with Gasteiger partial charge in [-0.05, 0) is 24.3 Å². The zero-order chi connectivity index (χ0) is 19.4. The Hall–Kier alpha value is -2.33. The highest BCUT2D eigenvalue weighted by Gasteiger charge is 2.22. The van der Waals surface area contributed by atoms with E-state index in [1.807, 2.05) is 29.2 Å². The van der Waals surface area contributed by atoms with Crippen LogP contribution in [0.15, 0.2) is 29.6 Å². The molecule has 2 heterocycles. The molecule has 0 unspecified atom stereocenters. The number of hydrogen-bond acceptors (Lipinski definition) is 7. The highest BCUT2D eigenvalue weighted by Crippen LogP contribution is 2.21. The number of amides is 1. The number of carbonyl (C=O) groups is 1. The van der Waals surface area contributed by atoms with Gasteiger partial charge in [-0.2, -0.15) is 0 Å². The number of hydrogen-bond donors (Lipinski definition) is 1. The molecule has 0 atom stereocenters. The van der Waals surface area contributed by atoms with Crippen molar-refractivity contribution in [3.63, 3.8) is 0 Å². The van der Waals surface area contributed by atoms with E-state index in [1.54, 1.807) is 12.5 Å². The molecule has 1 aromatic heterocycles. The van der Waals surface area contributed by atoms with E-state index in [0.717, 1.165) is 30.8 Å². The van der Waals surface area contributed by atoms with Crippen molar-refractivity contribution < 1.29 is 17.9 Å². The molecule has 1 amide bonds. The molecule has 146 valence electrons. The van der Waals surface area contributed by atoms with Gasteiger partial charge in [0.2, 0.25) is 15.9 Å². The summed E-state index contributed by atoms with van der Waals surface area (Å²) in [6.07, 6.45) is 1.24. The molecule has 0 radical (unpaired) electrons. The molecule has 27 heavy (non-hydrogen) atoms. The number of ether oxygens (including phenoxy) is 1. The molecule has 3 rings (SSSR count). The van der Waals surface area contributed by atoms with Crippen molar-refractivity contribution in [2.75, 3.05) is 49.2 Å². The van der Waals surface area contributed by atoms with Gasteiger partial charge >= 0.3 is 0 Å². The Kier molecular flexibility index (Phi) is 5.85. The second kappa shape index (κ2) is 8.13. The summed E-state index contributed by atoms with van der Waals surface area (Å²) < 4.78 is 30.0. The first-order valence-electron chi connectivity index (χ1n) is 8.43. The van der Waals surface area contributed by atoms with Crippen molar-refractivity contribution in [2.24, 2.45) is 0 Å². The summed E-state index contributed by atoms with van der Waals surface area (Å²) in [6.45, 7) is 2.80. The first-order valence-corrected chi connectivity index (χ1v) is 11.2. The predicted molar refractivity (Wildman–Crippen MR) is 106 cm³/mol. The number of benzene rings is 1. The van der Waals surface area contributed by atoms with Gasteiger partial charge in [-0.1, -0.05) is 0 Å². The first-order chi connectivity index (χ1) is 12.8. The van der Waals surface area contributed by atoms with Gasteiger partial charge in [0.1, 0.15) is 5.75 Å². The summed E-state index contributed by atoms with van der Waals surface area (Å²) >= 11 is 1.18. The summed E-state index contributed by atoms with van der Waals surface area (Å²) in [5.41, 5.74) is 1.69. The predicted octanol–water partition coefficient (Wildman–Crippen LogP) is 1.41. The van der Waals surface area contributed by atoms with E-state index in [-0.39, 0.29) is 17.5 Å². The average molecular weight is 411 g/mol. The Bertz CT molecular complexity index is 888. The number of thiazole rings is 1. The lowest BCUT2D eigenvalue weighted by atomic mass is 10.2. The van der Waals surface area contributed by atoms with Gasteiger partial charge in [0.05, 0.1) is 25.5 Å². The van der Waals surface area contributed by atoms with Gasteiger partial charge in [-0.25, -0.2) is 13.4 Å². The quantitative estimate of drug-likeness (QED) is 0.774. The maximum Gasteiger partial charge on any atom is 0.231 e. The van der Waals surface area contributed by atoms with Crippen LogP contribution in [0.25, 0.3) is 0 Å². The van der Waals surface area contributed by atoms with Crippen molar-refractivity contribution in [1.82, 2.24) is 9.88 Å². The van der Waals surface area contributed by atoms with Crippen molar-refractivity contribution in [1.29, 1.82) is 0 Å². The summed E-state index contributed by atoms with van der Waals surface area (Å²) in [4.78, 5) is 20.7. The molecule has 8 nitrogen and oxygen atoms in total. The number of anilines is 2. The van der Waals surface area contributed by atoms with Crippen LogP contribution in [-0.2, 0) is 21.2 Å². The topological polar surface area (TPSA) is 91.8 Å². The fourth-order valence-electron chi connectivity index (χ4n) is 2.87. The fourth-order valence-corrected chi connectivity index (χ4v) is 4.43. The highest BCUT2D eigenvalue weighted by molar-refractivity contribution is 7.92. The van der Waals surface area contributed by atoms with Crippen LogP contribution >= 0.6 is 11.3 Å². The largest absolute Gasteiger partial charge is 0.497 e. The molecular weight excluding hydrogens is 388 g/mol. The van der Waals surface area contributed by atoms with Crippen LogP contribution < -0.4 is 14.4 Å². The Morgan fingerprint density at radius 2 is 1.89 bits per heavy atom. The molecule has 1 saturated heterocycles. The lowest BCUT2D eigenvalue weighted by molar-refractivity contribution is -0.130. The van der Waals surface area contributed by atoms with E-state index in [2.05, 4.69) is 14.6 Å². The molecular formula is C17H22N4O4S2. The van der Waals surface area contributed by atoms with Gasteiger partial charge in [0.25, 0.3) is 0 Å². The van der Waals surface area contributed by atoms with Crippen LogP contribution in [0.5, 0.6) is 5.75 Å². The minimum Gasteiger partial charge on any atom is -0.497 e. The molecule has 0 bridgehead atoms. The molecule has 1 aromatic carbocycles. The van der Waals surface area contributed by atoms with Crippen LogP contribution in [0.2, 0.25) is 0 Å². The smallest absolute Gasteiger partial charge is 0.231 e. The molecule has 0 spiro atoms. The number of piperazine rings is 1. The average Bonchev–Trinajstić information content (AvgIpc) is 3.07. The van der Waals surface area contributed by atoms with E-state index in [1.165, 1.54) is 11.3 Å². The van der Waals surface area contributed by atoms with E-state index in [4.69, 9.17) is 4.74 Å². The van der Waals surface area contributed by atoms with Crippen molar-refractivity contribution in [2.45, 2.75) is 6.42 Å². The first kappa shape index (κ1) is 19.4. The van der Waals surface area contributed by atoms with Crippen LogP contribution in [0.4, 0.5) is 10.8 Å². The summed E-state index contributed by atoms with van der Waals surface area (Å²) in [5.74, 6) is 0.821. The number of methoxy groups -OCH3 is 1. The third-order valence-corrected chi connectivity index (χ3v) is 5.73. The third-order valence-electron chi connectivity index (χ3n) is 4.23. The molecule has 0 saturated carbocycles. The van der Waals surface area contributed by atoms with Crippen LogP contribution in [0, 0.1) is 0 Å². The normalized spacial score (nSPS) is 14.9. The summed E-state index contributed by atoms with van der Waals surface area (Å²) in [7, 11) is -1.72. The van der Waals surface area contributed by atoms with Crippen molar-refractivity contribution in [3.05, 3.63) is 35.3 Å². The standard InChI is InChI=1S/C17H22N4O4S2/c1-25-15-5-3-14(4-6-15)20-7-9-21(10-8-20)16(22)11-13-12-26-17(18-13)19-27(2,23)24/h3-6,12H,7-11H2,1-2H3,(H,18,19). The number of rotatable bonds is 6. The zero-order valence-electron chi connectivity index (χ0n) is 15.2. The van der Waals surface area contributed by atoms with E-state index in [9.17, 15) is 13.2 Å². The lowest BCUT2D eigenvalue weighted by Gasteiger charge is -2.36. The highest BCUT2D eigenvalue weighted by atomic mass is 32.2. The van der Waals surface area contributed by atoms with Crippen molar-refractivity contribution >= 4 is 38.1 Å². The minimum atomic E-state index is -3.36. The van der Waals surface area contributed by atoms with Gasteiger partial charge in [0.15, 0.2) is 5.13 Å². The monoisotopic (exact) mass is 410 g/mol. The molecule has 1 aliphatic rings. The summed E-state index contributed by atoms with van der Waals surface area (Å²) in [5, 5.41) is 1.99. The Labute approximate surface area is 162 Å². The maximum absolute atomic E-state index is 12.5. The van der Waals surface area contributed by atoms with E-state index < -0.39 is 10.0 Å².